The van der Waals surface area contributed by atoms with Crippen molar-refractivity contribution < 1.29 is 9.53 Å². The third kappa shape index (κ3) is 5.87. The molecule has 0 aliphatic carbocycles. The topological polar surface area (TPSA) is 41.6 Å². The van der Waals surface area contributed by atoms with Gasteiger partial charge in [0.1, 0.15) is 5.75 Å². The molecule has 136 valence electrons. The summed E-state index contributed by atoms with van der Waals surface area (Å²) in [6, 6.07) is 10.2. The van der Waals surface area contributed by atoms with E-state index in [1.165, 1.54) is 11.1 Å². The van der Waals surface area contributed by atoms with E-state index in [0.29, 0.717) is 6.54 Å². The zero-order valence-electron chi connectivity index (χ0n) is 15.3. The van der Waals surface area contributed by atoms with Gasteiger partial charge in [0.2, 0.25) is 0 Å². The Balaban J connectivity index is 1.85. The van der Waals surface area contributed by atoms with Gasteiger partial charge in [-0.2, -0.15) is 11.3 Å². The Labute approximate surface area is 154 Å². The van der Waals surface area contributed by atoms with E-state index in [4.69, 9.17) is 4.74 Å². The summed E-state index contributed by atoms with van der Waals surface area (Å²) in [6.45, 7) is 8.94. The molecule has 1 unspecified atom stereocenters. The molecule has 2 rings (SSSR count). The number of hydrogen-bond acceptors (Lipinski definition) is 4. The van der Waals surface area contributed by atoms with Gasteiger partial charge in [0.15, 0.2) is 6.61 Å². The molecule has 1 N–H and O–H groups in total. The van der Waals surface area contributed by atoms with Gasteiger partial charge in [-0.15, -0.1) is 0 Å². The summed E-state index contributed by atoms with van der Waals surface area (Å²) in [6.07, 6.45) is 0.996. The number of nitrogens with one attached hydrogen (secondary N) is 1. The lowest BCUT2D eigenvalue weighted by molar-refractivity contribution is -0.123. The number of hydrogen-bond donors (Lipinski definition) is 1. The Hall–Kier alpha value is -1.85. The Morgan fingerprint density at radius 2 is 1.88 bits per heavy atom. The summed E-state index contributed by atoms with van der Waals surface area (Å²) in [5.41, 5.74) is 2.51. The number of aryl methyl sites for hydroxylation is 1. The van der Waals surface area contributed by atoms with E-state index >= 15 is 0 Å². The number of thiophene rings is 1. The first kappa shape index (κ1) is 19.5. The number of amides is 1. The number of benzene rings is 1. The minimum absolute atomic E-state index is 0.0417. The second-order valence-electron chi connectivity index (χ2n) is 5.88. The van der Waals surface area contributed by atoms with Crippen LogP contribution in [0.5, 0.6) is 5.75 Å². The van der Waals surface area contributed by atoms with Crippen molar-refractivity contribution in [2.75, 3.05) is 26.2 Å². The third-order valence-electron chi connectivity index (χ3n) is 4.38. The van der Waals surface area contributed by atoms with Crippen LogP contribution in [0, 0.1) is 0 Å². The van der Waals surface area contributed by atoms with Crippen LogP contribution < -0.4 is 10.1 Å². The molecule has 1 aromatic carbocycles. The summed E-state index contributed by atoms with van der Waals surface area (Å²) >= 11 is 1.69. The van der Waals surface area contributed by atoms with Gasteiger partial charge in [-0.25, -0.2) is 0 Å². The molecule has 0 saturated carbocycles. The first-order chi connectivity index (χ1) is 12.2. The fraction of sp³-hybridized carbons (Fsp3) is 0.450. The van der Waals surface area contributed by atoms with E-state index in [2.05, 4.69) is 47.8 Å². The highest BCUT2D eigenvalue weighted by molar-refractivity contribution is 7.07. The van der Waals surface area contributed by atoms with Crippen molar-refractivity contribution in [1.29, 1.82) is 0 Å². The van der Waals surface area contributed by atoms with Crippen LogP contribution in [-0.2, 0) is 11.2 Å². The number of likely N-dealkylation sites (N-methyl/N-ethyl adjacent to an activating group) is 1. The third-order valence-corrected chi connectivity index (χ3v) is 5.08. The SMILES string of the molecule is CCc1ccc(OCC(=O)NCC(c2ccsc2)N(CC)CC)cc1. The molecule has 2 aromatic rings. The fourth-order valence-electron chi connectivity index (χ4n) is 2.82. The Bertz CT molecular complexity index is 622. The van der Waals surface area contributed by atoms with E-state index in [1.54, 1.807) is 11.3 Å². The van der Waals surface area contributed by atoms with Gasteiger partial charge in [0.05, 0.1) is 6.04 Å². The molecule has 5 heteroatoms. The molecule has 0 fully saturated rings. The van der Waals surface area contributed by atoms with Gasteiger partial charge in [-0.05, 0) is 59.6 Å². The Kier molecular flexibility index (Phi) is 7.95. The van der Waals surface area contributed by atoms with Crippen molar-refractivity contribution >= 4 is 17.2 Å². The molecule has 1 atom stereocenters. The average molecular weight is 361 g/mol. The highest BCUT2D eigenvalue weighted by Gasteiger charge is 2.19. The molecule has 1 heterocycles. The average Bonchev–Trinajstić information content (AvgIpc) is 3.18. The zero-order chi connectivity index (χ0) is 18.1. The molecular formula is C20H28N2O2S. The Morgan fingerprint density at radius 3 is 2.44 bits per heavy atom. The number of carbonyl (C=O) groups is 1. The summed E-state index contributed by atoms with van der Waals surface area (Å²) in [7, 11) is 0. The Morgan fingerprint density at radius 1 is 1.16 bits per heavy atom. The molecule has 0 radical (unpaired) electrons. The van der Waals surface area contributed by atoms with Crippen LogP contribution >= 0.6 is 11.3 Å². The van der Waals surface area contributed by atoms with Crippen LogP contribution in [0.4, 0.5) is 0 Å². The summed E-state index contributed by atoms with van der Waals surface area (Å²) < 4.78 is 5.58. The monoisotopic (exact) mass is 360 g/mol. The van der Waals surface area contributed by atoms with Crippen LogP contribution in [0.2, 0.25) is 0 Å². The van der Waals surface area contributed by atoms with Gasteiger partial charge in [-0.3, -0.25) is 9.69 Å². The summed E-state index contributed by atoms with van der Waals surface area (Å²) in [5, 5.41) is 7.25. The van der Waals surface area contributed by atoms with E-state index in [9.17, 15) is 4.79 Å². The molecule has 0 spiro atoms. The standard InChI is InChI=1S/C20H28N2O2S/c1-4-16-7-9-18(10-8-16)24-14-20(23)21-13-19(22(5-2)6-3)17-11-12-25-15-17/h7-12,15,19H,4-6,13-14H2,1-3H3,(H,21,23). The second-order valence-corrected chi connectivity index (χ2v) is 6.66. The quantitative estimate of drug-likeness (QED) is 0.699. The maximum Gasteiger partial charge on any atom is 0.258 e. The van der Waals surface area contributed by atoms with Gasteiger partial charge in [0.25, 0.3) is 5.91 Å². The van der Waals surface area contributed by atoms with Crippen molar-refractivity contribution in [3.8, 4) is 5.75 Å². The van der Waals surface area contributed by atoms with E-state index in [0.717, 1.165) is 25.3 Å². The summed E-state index contributed by atoms with van der Waals surface area (Å²) in [5.74, 6) is 0.637. The predicted molar refractivity (Wildman–Crippen MR) is 104 cm³/mol. The van der Waals surface area contributed by atoms with Crippen LogP contribution in [0.25, 0.3) is 0 Å². The van der Waals surface area contributed by atoms with Gasteiger partial charge in [-0.1, -0.05) is 32.9 Å². The lowest BCUT2D eigenvalue weighted by Gasteiger charge is -2.29. The molecule has 0 saturated heterocycles. The molecule has 0 aliphatic rings. The minimum Gasteiger partial charge on any atom is -0.484 e. The maximum atomic E-state index is 12.2. The molecule has 4 nitrogen and oxygen atoms in total. The van der Waals surface area contributed by atoms with Crippen molar-refractivity contribution in [2.24, 2.45) is 0 Å². The number of ether oxygens (including phenoxy) is 1. The van der Waals surface area contributed by atoms with Crippen LogP contribution in [-0.4, -0.2) is 37.0 Å². The zero-order valence-corrected chi connectivity index (χ0v) is 16.1. The van der Waals surface area contributed by atoms with Gasteiger partial charge in [0, 0.05) is 6.54 Å². The molecular weight excluding hydrogens is 332 g/mol. The van der Waals surface area contributed by atoms with Crippen LogP contribution in [0.3, 0.4) is 0 Å². The van der Waals surface area contributed by atoms with Crippen LogP contribution in [0.1, 0.15) is 37.9 Å². The predicted octanol–water partition coefficient (Wildman–Crippen LogP) is 3.89. The number of carbonyl (C=O) groups excluding carboxylic acids is 1. The van der Waals surface area contributed by atoms with Crippen molar-refractivity contribution in [2.45, 2.75) is 33.2 Å². The van der Waals surface area contributed by atoms with E-state index in [-0.39, 0.29) is 18.6 Å². The summed E-state index contributed by atoms with van der Waals surface area (Å²) in [4.78, 5) is 14.5. The lowest BCUT2D eigenvalue weighted by atomic mass is 10.1. The maximum absolute atomic E-state index is 12.2. The molecule has 0 bridgehead atoms. The minimum atomic E-state index is -0.0908. The van der Waals surface area contributed by atoms with E-state index in [1.807, 2.05) is 24.3 Å². The second kappa shape index (κ2) is 10.2. The first-order valence-corrected chi connectivity index (χ1v) is 9.86. The number of rotatable bonds is 10. The normalized spacial score (nSPS) is 12.2. The van der Waals surface area contributed by atoms with Gasteiger partial charge < -0.3 is 10.1 Å². The first-order valence-electron chi connectivity index (χ1n) is 8.92. The molecule has 0 aliphatic heterocycles. The lowest BCUT2D eigenvalue weighted by Crippen LogP contribution is -2.39. The number of nitrogens with zero attached hydrogens (tertiary/aromatic N) is 1. The van der Waals surface area contributed by atoms with Crippen molar-refractivity contribution in [1.82, 2.24) is 10.2 Å². The molecule has 25 heavy (non-hydrogen) atoms. The molecule has 1 amide bonds. The largest absolute Gasteiger partial charge is 0.484 e. The molecule has 1 aromatic heterocycles. The van der Waals surface area contributed by atoms with Crippen LogP contribution in [0.15, 0.2) is 41.1 Å². The van der Waals surface area contributed by atoms with Gasteiger partial charge >= 0.3 is 0 Å². The fourth-order valence-corrected chi connectivity index (χ4v) is 3.53. The van der Waals surface area contributed by atoms with Crippen molar-refractivity contribution in [3.05, 3.63) is 52.2 Å². The van der Waals surface area contributed by atoms with E-state index < -0.39 is 0 Å². The smallest absolute Gasteiger partial charge is 0.258 e. The van der Waals surface area contributed by atoms with Crippen molar-refractivity contribution in [3.63, 3.8) is 0 Å². The highest BCUT2D eigenvalue weighted by atomic mass is 32.1. The highest BCUT2D eigenvalue weighted by Crippen LogP contribution is 2.22.